The van der Waals surface area contributed by atoms with Crippen LogP contribution >= 0.6 is 0 Å². The summed E-state index contributed by atoms with van der Waals surface area (Å²) in [4.78, 5) is 23.3. The summed E-state index contributed by atoms with van der Waals surface area (Å²) in [6.07, 6.45) is -0.295. The molecule has 4 nitrogen and oxygen atoms in total. The van der Waals surface area contributed by atoms with Crippen LogP contribution in [0, 0.1) is 18.6 Å². The molecule has 2 aromatic carbocycles. The Morgan fingerprint density at radius 2 is 1.88 bits per heavy atom. The van der Waals surface area contributed by atoms with E-state index in [1.807, 2.05) is 19.1 Å². The lowest BCUT2D eigenvalue weighted by Crippen LogP contribution is -2.30. The van der Waals surface area contributed by atoms with E-state index in [0.29, 0.717) is 0 Å². The lowest BCUT2D eigenvalue weighted by molar-refractivity contribution is -0.137. The van der Waals surface area contributed by atoms with E-state index in [4.69, 9.17) is 5.11 Å². The van der Waals surface area contributed by atoms with Gasteiger partial charge in [0.25, 0.3) is 0 Å². The Bertz CT molecular complexity index is 777. The number of halogens is 2. The van der Waals surface area contributed by atoms with Gasteiger partial charge in [-0.2, -0.15) is 0 Å². The van der Waals surface area contributed by atoms with Crippen molar-refractivity contribution in [3.8, 4) is 0 Å². The van der Waals surface area contributed by atoms with Gasteiger partial charge in [0.1, 0.15) is 11.6 Å². The lowest BCUT2D eigenvalue weighted by Gasteiger charge is -2.19. The fourth-order valence-electron chi connectivity index (χ4n) is 2.64. The predicted octanol–water partition coefficient (Wildman–Crippen LogP) is 3.54. The molecule has 0 fully saturated rings. The molecule has 0 bridgehead atoms. The van der Waals surface area contributed by atoms with E-state index >= 15 is 0 Å². The van der Waals surface area contributed by atoms with Crippen LogP contribution in [0.3, 0.4) is 0 Å². The monoisotopic (exact) mass is 347 g/mol. The van der Waals surface area contributed by atoms with Gasteiger partial charge in [0.05, 0.1) is 12.5 Å². The smallest absolute Gasteiger partial charge is 0.305 e. The second kappa shape index (κ2) is 8.37. The standard InChI is InChI=1S/C19H19F2NO3/c1-12-4-2-3-5-15(12)17(11-19(24)25)22-18(23)9-6-13-10-14(20)7-8-16(13)21/h2-5,7-8,10,17H,6,9,11H2,1H3,(H,22,23)(H,24,25). The predicted molar refractivity (Wildman–Crippen MR) is 89.0 cm³/mol. The second-order valence-corrected chi connectivity index (χ2v) is 5.81. The number of carbonyl (C=O) groups is 2. The highest BCUT2D eigenvalue weighted by molar-refractivity contribution is 5.78. The largest absolute Gasteiger partial charge is 0.481 e. The van der Waals surface area contributed by atoms with Crippen LogP contribution in [0.5, 0.6) is 0 Å². The summed E-state index contributed by atoms with van der Waals surface area (Å²) >= 11 is 0. The molecular formula is C19H19F2NO3. The third-order valence-electron chi connectivity index (χ3n) is 3.91. The van der Waals surface area contributed by atoms with Crippen molar-refractivity contribution >= 4 is 11.9 Å². The van der Waals surface area contributed by atoms with E-state index in [1.165, 1.54) is 0 Å². The van der Waals surface area contributed by atoms with Gasteiger partial charge in [0.15, 0.2) is 0 Å². The van der Waals surface area contributed by atoms with Gasteiger partial charge in [-0.3, -0.25) is 9.59 Å². The molecule has 0 heterocycles. The molecule has 2 rings (SSSR count). The van der Waals surface area contributed by atoms with Gasteiger partial charge in [0.2, 0.25) is 5.91 Å². The molecule has 2 aromatic rings. The molecule has 1 unspecified atom stereocenters. The first-order chi connectivity index (χ1) is 11.9. The summed E-state index contributed by atoms with van der Waals surface area (Å²) in [6.45, 7) is 1.83. The number of rotatable bonds is 7. The van der Waals surface area contributed by atoms with Crippen molar-refractivity contribution in [2.75, 3.05) is 0 Å². The number of amides is 1. The summed E-state index contributed by atoms with van der Waals surface area (Å²) in [5.74, 6) is -2.60. The summed E-state index contributed by atoms with van der Waals surface area (Å²) < 4.78 is 26.8. The number of carboxylic acid groups (broad SMARTS) is 1. The van der Waals surface area contributed by atoms with Crippen LogP contribution in [-0.2, 0) is 16.0 Å². The number of carbonyl (C=O) groups excluding carboxylic acids is 1. The number of benzene rings is 2. The van der Waals surface area contributed by atoms with Gasteiger partial charge in [0, 0.05) is 6.42 Å². The van der Waals surface area contributed by atoms with Gasteiger partial charge < -0.3 is 10.4 Å². The first-order valence-electron chi connectivity index (χ1n) is 7.87. The topological polar surface area (TPSA) is 66.4 Å². The number of hydrogen-bond donors (Lipinski definition) is 2. The molecule has 1 atom stereocenters. The van der Waals surface area contributed by atoms with Gasteiger partial charge in [-0.25, -0.2) is 8.78 Å². The molecule has 0 saturated carbocycles. The Balaban J connectivity index is 2.05. The summed E-state index contributed by atoms with van der Waals surface area (Å²) in [5, 5.41) is 11.8. The Morgan fingerprint density at radius 3 is 2.56 bits per heavy atom. The van der Waals surface area contributed by atoms with E-state index in [2.05, 4.69) is 5.32 Å². The van der Waals surface area contributed by atoms with Gasteiger partial charge in [-0.15, -0.1) is 0 Å². The highest BCUT2D eigenvalue weighted by atomic mass is 19.1. The molecule has 25 heavy (non-hydrogen) atoms. The Labute approximate surface area is 144 Å². The van der Waals surface area contributed by atoms with Crippen LogP contribution in [0.15, 0.2) is 42.5 Å². The van der Waals surface area contributed by atoms with Crippen molar-refractivity contribution in [2.24, 2.45) is 0 Å². The number of aliphatic carboxylic acids is 1. The zero-order valence-corrected chi connectivity index (χ0v) is 13.8. The van der Waals surface area contributed by atoms with E-state index < -0.39 is 29.6 Å². The summed E-state index contributed by atoms with van der Waals surface area (Å²) in [5.41, 5.74) is 1.70. The first kappa shape index (κ1) is 18.6. The number of nitrogens with one attached hydrogen (secondary N) is 1. The molecule has 0 radical (unpaired) electrons. The first-order valence-corrected chi connectivity index (χ1v) is 7.87. The molecule has 0 spiro atoms. The molecule has 0 saturated heterocycles. The number of aryl methyl sites for hydroxylation is 2. The summed E-state index contributed by atoms with van der Waals surface area (Å²) in [7, 11) is 0. The highest BCUT2D eigenvalue weighted by Crippen LogP contribution is 2.21. The fraction of sp³-hybridized carbons (Fsp3) is 0.263. The highest BCUT2D eigenvalue weighted by Gasteiger charge is 2.19. The maximum atomic E-state index is 13.6. The van der Waals surface area contributed by atoms with Gasteiger partial charge in [-0.05, 0) is 48.2 Å². The minimum atomic E-state index is -1.04. The normalized spacial score (nSPS) is 11.8. The quantitative estimate of drug-likeness (QED) is 0.805. The molecular weight excluding hydrogens is 328 g/mol. The molecule has 132 valence electrons. The Hall–Kier alpha value is -2.76. The minimum absolute atomic E-state index is 0.0307. The van der Waals surface area contributed by atoms with Crippen molar-refractivity contribution in [1.82, 2.24) is 5.32 Å². The van der Waals surface area contributed by atoms with Crippen molar-refractivity contribution in [1.29, 1.82) is 0 Å². The van der Waals surface area contributed by atoms with Gasteiger partial charge in [-0.1, -0.05) is 24.3 Å². The average molecular weight is 347 g/mol. The van der Waals surface area contributed by atoms with E-state index in [0.717, 1.165) is 29.3 Å². The maximum absolute atomic E-state index is 13.6. The van der Waals surface area contributed by atoms with Gasteiger partial charge >= 0.3 is 5.97 Å². The van der Waals surface area contributed by atoms with Crippen molar-refractivity contribution in [3.05, 3.63) is 70.8 Å². The van der Waals surface area contributed by atoms with Crippen LogP contribution < -0.4 is 5.32 Å². The molecule has 0 aliphatic rings. The molecule has 0 aliphatic heterocycles. The van der Waals surface area contributed by atoms with E-state index in [-0.39, 0.29) is 24.8 Å². The number of hydrogen-bond acceptors (Lipinski definition) is 2. The number of carboxylic acids is 1. The minimum Gasteiger partial charge on any atom is -0.481 e. The maximum Gasteiger partial charge on any atom is 0.305 e. The van der Waals surface area contributed by atoms with Crippen molar-refractivity contribution < 1.29 is 23.5 Å². The van der Waals surface area contributed by atoms with Crippen LogP contribution in [-0.4, -0.2) is 17.0 Å². The molecule has 2 N–H and O–H groups in total. The molecule has 6 heteroatoms. The van der Waals surface area contributed by atoms with Crippen LogP contribution in [0.2, 0.25) is 0 Å². The van der Waals surface area contributed by atoms with Crippen molar-refractivity contribution in [3.63, 3.8) is 0 Å². The van der Waals surface area contributed by atoms with E-state index in [9.17, 15) is 18.4 Å². The van der Waals surface area contributed by atoms with E-state index in [1.54, 1.807) is 12.1 Å². The molecule has 0 aromatic heterocycles. The Kier molecular flexibility index (Phi) is 6.22. The molecule has 0 aliphatic carbocycles. The Morgan fingerprint density at radius 1 is 1.16 bits per heavy atom. The molecule has 1 amide bonds. The van der Waals surface area contributed by atoms with Crippen LogP contribution in [0.25, 0.3) is 0 Å². The van der Waals surface area contributed by atoms with Crippen LogP contribution in [0.1, 0.15) is 35.6 Å². The fourth-order valence-corrected chi connectivity index (χ4v) is 2.64. The zero-order valence-electron chi connectivity index (χ0n) is 13.8. The van der Waals surface area contributed by atoms with Crippen molar-refractivity contribution in [2.45, 2.75) is 32.2 Å². The summed E-state index contributed by atoms with van der Waals surface area (Å²) in [6, 6.07) is 9.59. The SMILES string of the molecule is Cc1ccccc1C(CC(=O)O)NC(=O)CCc1cc(F)ccc1F. The second-order valence-electron chi connectivity index (χ2n) is 5.81. The lowest BCUT2D eigenvalue weighted by atomic mass is 9.98. The third kappa shape index (κ3) is 5.38. The third-order valence-corrected chi connectivity index (χ3v) is 3.91. The van der Waals surface area contributed by atoms with Crippen LogP contribution in [0.4, 0.5) is 8.78 Å². The average Bonchev–Trinajstić information content (AvgIpc) is 2.55. The zero-order chi connectivity index (χ0) is 18.4.